The van der Waals surface area contributed by atoms with E-state index < -0.39 is 30.5 Å². The Morgan fingerprint density at radius 3 is 2.62 bits per heavy atom. The van der Waals surface area contributed by atoms with Crippen LogP contribution in [-0.4, -0.2) is 47.8 Å². The molecule has 4 atom stereocenters. The van der Waals surface area contributed by atoms with Crippen molar-refractivity contribution in [1.29, 1.82) is 0 Å². The van der Waals surface area contributed by atoms with Gasteiger partial charge in [-0.2, -0.15) is 0 Å². The van der Waals surface area contributed by atoms with Crippen molar-refractivity contribution in [3.8, 4) is 0 Å². The van der Waals surface area contributed by atoms with Gasteiger partial charge in [-0.1, -0.05) is 6.08 Å². The Morgan fingerprint density at radius 1 is 1.38 bits per heavy atom. The van der Waals surface area contributed by atoms with Gasteiger partial charge in [-0.05, 0) is 6.08 Å². The predicted molar refractivity (Wildman–Crippen MR) is 55.6 cm³/mol. The maximum Gasteiger partial charge on any atom is 0.405 e. The summed E-state index contributed by atoms with van der Waals surface area (Å²) in [6, 6.07) is 0. The SMILES string of the molecule is COC1CC(OC(N)=O)/C=C/C(O)CC1O. The minimum absolute atomic E-state index is 0.193. The van der Waals surface area contributed by atoms with Gasteiger partial charge in [0.2, 0.25) is 0 Å². The second kappa shape index (κ2) is 5.83. The lowest BCUT2D eigenvalue weighted by atomic mass is 9.97. The molecule has 0 bridgehead atoms. The van der Waals surface area contributed by atoms with Crippen molar-refractivity contribution in [1.82, 2.24) is 0 Å². The van der Waals surface area contributed by atoms with Gasteiger partial charge in [-0.15, -0.1) is 0 Å². The van der Waals surface area contributed by atoms with Crippen molar-refractivity contribution in [2.75, 3.05) is 7.11 Å². The van der Waals surface area contributed by atoms with Crippen molar-refractivity contribution in [3.63, 3.8) is 0 Å². The van der Waals surface area contributed by atoms with Gasteiger partial charge in [-0.25, -0.2) is 4.79 Å². The van der Waals surface area contributed by atoms with Crippen LogP contribution in [0.25, 0.3) is 0 Å². The number of hydrogen-bond donors (Lipinski definition) is 3. The molecule has 0 fully saturated rings. The van der Waals surface area contributed by atoms with E-state index in [2.05, 4.69) is 0 Å². The Bertz CT molecular complexity index is 268. The predicted octanol–water partition coefficient (Wildman–Crippen LogP) is -0.463. The molecule has 16 heavy (non-hydrogen) atoms. The summed E-state index contributed by atoms with van der Waals surface area (Å²) in [5.41, 5.74) is 4.91. The van der Waals surface area contributed by atoms with Crippen LogP contribution in [0, 0.1) is 0 Å². The van der Waals surface area contributed by atoms with E-state index in [1.807, 2.05) is 0 Å². The number of amides is 1. The summed E-state index contributed by atoms with van der Waals surface area (Å²) in [5.74, 6) is 0. The number of carbonyl (C=O) groups is 1. The Hall–Kier alpha value is -1.11. The van der Waals surface area contributed by atoms with Crippen molar-refractivity contribution in [3.05, 3.63) is 12.2 Å². The maximum absolute atomic E-state index is 10.6. The number of aliphatic hydroxyl groups excluding tert-OH is 2. The van der Waals surface area contributed by atoms with E-state index in [-0.39, 0.29) is 6.42 Å². The quantitative estimate of drug-likeness (QED) is 0.558. The molecule has 6 heteroatoms. The minimum atomic E-state index is -0.894. The Labute approximate surface area is 93.6 Å². The first-order valence-electron chi connectivity index (χ1n) is 5.06. The average Bonchev–Trinajstić information content (AvgIpc) is 2.19. The largest absolute Gasteiger partial charge is 0.442 e. The number of rotatable bonds is 2. The van der Waals surface area contributed by atoms with E-state index in [0.717, 1.165) is 0 Å². The minimum Gasteiger partial charge on any atom is -0.442 e. The summed E-state index contributed by atoms with van der Waals surface area (Å²) >= 11 is 0. The first-order chi connectivity index (χ1) is 7.52. The molecule has 1 aliphatic carbocycles. The molecule has 0 aromatic carbocycles. The zero-order valence-electron chi connectivity index (χ0n) is 9.07. The molecular weight excluding hydrogens is 214 g/mol. The van der Waals surface area contributed by atoms with Crippen LogP contribution in [0.5, 0.6) is 0 Å². The molecule has 4 N–H and O–H groups in total. The van der Waals surface area contributed by atoms with Crippen molar-refractivity contribution in [2.24, 2.45) is 5.73 Å². The second-order valence-corrected chi connectivity index (χ2v) is 3.74. The number of primary amides is 1. The molecule has 0 aromatic heterocycles. The summed E-state index contributed by atoms with van der Waals surface area (Å²) in [7, 11) is 1.45. The third-order valence-corrected chi connectivity index (χ3v) is 2.49. The Balaban J connectivity index is 2.72. The van der Waals surface area contributed by atoms with Crippen LogP contribution in [0.3, 0.4) is 0 Å². The van der Waals surface area contributed by atoms with Gasteiger partial charge in [0.25, 0.3) is 0 Å². The molecule has 0 heterocycles. The topological polar surface area (TPSA) is 102 Å². The van der Waals surface area contributed by atoms with E-state index in [1.165, 1.54) is 13.2 Å². The number of ether oxygens (including phenoxy) is 2. The van der Waals surface area contributed by atoms with Gasteiger partial charge in [0, 0.05) is 20.0 Å². The third kappa shape index (κ3) is 3.80. The molecule has 0 radical (unpaired) electrons. The second-order valence-electron chi connectivity index (χ2n) is 3.74. The fourth-order valence-corrected chi connectivity index (χ4v) is 1.68. The normalized spacial score (nSPS) is 37.2. The van der Waals surface area contributed by atoms with Crippen LogP contribution < -0.4 is 5.73 Å². The zero-order chi connectivity index (χ0) is 12.1. The molecule has 0 aliphatic heterocycles. The van der Waals surface area contributed by atoms with E-state index in [0.29, 0.717) is 6.42 Å². The number of hydrogen-bond acceptors (Lipinski definition) is 5. The van der Waals surface area contributed by atoms with Gasteiger partial charge in [0.1, 0.15) is 6.10 Å². The molecule has 1 rings (SSSR count). The fourth-order valence-electron chi connectivity index (χ4n) is 1.68. The van der Waals surface area contributed by atoms with Gasteiger partial charge in [0.15, 0.2) is 0 Å². The lowest BCUT2D eigenvalue weighted by Crippen LogP contribution is -2.37. The summed E-state index contributed by atoms with van der Waals surface area (Å²) in [6.45, 7) is 0. The van der Waals surface area contributed by atoms with Gasteiger partial charge >= 0.3 is 6.09 Å². The molecule has 0 spiro atoms. The smallest absolute Gasteiger partial charge is 0.405 e. The van der Waals surface area contributed by atoms with Crippen LogP contribution in [0.15, 0.2) is 12.2 Å². The number of nitrogens with two attached hydrogens (primary N) is 1. The molecule has 1 aliphatic rings. The molecule has 4 unspecified atom stereocenters. The lowest BCUT2D eigenvalue weighted by Gasteiger charge is -2.27. The van der Waals surface area contributed by atoms with E-state index in [1.54, 1.807) is 6.08 Å². The van der Waals surface area contributed by atoms with Gasteiger partial charge in [-0.3, -0.25) is 0 Å². The lowest BCUT2D eigenvalue weighted by molar-refractivity contribution is -0.0500. The first-order valence-corrected chi connectivity index (χ1v) is 5.06. The van der Waals surface area contributed by atoms with Gasteiger partial charge < -0.3 is 25.4 Å². The molecule has 6 nitrogen and oxygen atoms in total. The van der Waals surface area contributed by atoms with Crippen LogP contribution in [0.2, 0.25) is 0 Å². The van der Waals surface area contributed by atoms with E-state index >= 15 is 0 Å². The van der Waals surface area contributed by atoms with E-state index in [9.17, 15) is 15.0 Å². The molecular formula is C10H17NO5. The third-order valence-electron chi connectivity index (χ3n) is 2.49. The maximum atomic E-state index is 10.6. The number of methoxy groups -OCH3 is 1. The summed E-state index contributed by atoms with van der Waals surface area (Å²) in [5, 5.41) is 19.2. The van der Waals surface area contributed by atoms with E-state index in [4.69, 9.17) is 15.2 Å². The average molecular weight is 231 g/mol. The highest BCUT2D eigenvalue weighted by Gasteiger charge is 2.27. The highest BCUT2D eigenvalue weighted by atomic mass is 16.6. The Kier molecular flexibility index (Phi) is 4.72. The number of carbonyl (C=O) groups excluding carboxylic acids is 1. The first kappa shape index (κ1) is 13.0. The van der Waals surface area contributed by atoms with Crippen LogP contribution >= 0.6 is 0 Å². The Morgan fingerprint density at radius 2 is 2.06 bits per heavy atom. The summed E-state index contributed by atoms with van der Waals surface area (Å²) in [4.78, 5) is 10.6. The summed E-state index contributed by atoms with van der Waals surface area (Å²) in [6.07, 6.45) is -0.0427. The fraction of sp³-hybridized carbons (Fsp3) is 0.700. The van der Waals surface area contributed by atoms with Gasteiger partial charge in [0.05, 0.1) is 18.3 Å². The van der Waals surface area contributed by atoms with Crippen molar-refractivity contribution < 1.29 is 24.5 Å². The molecule has 0 aromatic rings. The molecule has 92 valence electrons. The molecule has 0 saturated carbocycles. The summed E-state index contributed by atoms with van der Waals surface area (Å²) < 4.78 is 9.88. The van der Waals surface area contributed by atoms with Crippen molar-refractivity contribution in [2.45, 2.75) is 37.3 Å². The van der Waals surface area contributed by atoms with Crippen molar-refractivity contribution >= 4 is 6.09 Å². The zero-order valence-corrected chi connectivity index (χ0v) is 9.07. The standard InChI is InChI=1S/C10H17NO5/c1-15-9-5-7(16-10(11)14)3-2-6(12)4-8(9)13/h2-3,6-9,12-13H,4-5H2,1H3,(H2,11,14)/b3-2+. The highest BCUT2D eigenvalue weighted by Crippen LogP contribution is 2.18. The van der Waals surface area contributed by atoms with Crippen LogP contribution in [0.1, 0.15) is 12.8 Å². The highest BCUT2D eigenvalue weighted by molar-refractivity contribution is 5.65. The van der Waals surface area contributed by atoms with Crippen LogP contribution in [0.4, 0.5) is 4.79 Å². The van der Waals surface area contributed by atoms with Crippen LogP contribution in [-0.2, 0) is 9.47 Å². The molecule has 1 amide bonds. The monoisotopic (exact) mass is 231 g/mol. The number of aliphatic hydroxyl groups is 2. The molecule has 0 saturated heterocycles.